The van der Waals surface area contributed by atoms with E-state index in [9.17, 15) is 5.11 Å². The van der Waals surface area contributed by atoms with Crippen molar-refractivity contribution in [3.63, 3.8) is 0 Å². The number of benzene rings is 1. The number of nitrogens with one attached hydrogen (secondary N) is 1. The van der Waals surface area contributed by atoms with Crippen molar-refractivity contribution in [1.29, 1.82) is 0 Å². The fraction of sp³-hybridized carbons (Fsp3) is 0.385. The van der Waals surface area contributed by atoms with Gasteiger partial charge in [0.15, 0.2) is 5.11 Å². The van der Waals surface area contributed by atoms with Gasteiger partial charge in [0.1, 0.15) is 0 Å². The van der Waals surface area contributed by atoms with Gasteiger partial charge in [0.05, 0.1) is 23.5 Å². The van der Waals surface area contributed by atoms with Gasteiger partial charge in [-0.15, -0.1) is 0 Å². The summed E-state index contributed by atoms with van der Waals surface area (Å²) in [5.41, 5.74) is 9.70. The average Bonchev–Trinajstić information content (AvgIpc) is 3.22. The summed E-state index contributed by atoms with van der Waals surface area (Å²) in [5, 5.41) is 13.7. The molecule has 1 saturated heterocycles. The van der Waals surface area contributed by atoms with Crippen LogP contribution < -0.4 is 5.32 Å². The maximum absolute atomic E-state index is 9.48. The molecule has 6 heteroatoms. The number of rotatable bonds is 6. The van der Waals surface area contributed by atoms with Gasteiger partial charge in [0, 0.05) is 30.7 Å². The predicted octanol–water partition coefficient (Wildman–Crippen LogP) is 4.77. The first kappa shape index (κ1) is 22.5. The molecule has 0 radical (unpaired) electrons. The Morgan fingerprint density at radius 3 is 2.41 bits per heavy atom. The number of nitrogens with zero attached hydrogens (tertiary/aromatic N) is 3. The number of aliphatic hydroxyl groups excluding tert-OH is 1. The van der Waals surface area contributed by atoms with Crippen LogP contribution in [0.5, 0.6) is 0 Å². The Morgan fingerprint density at radius 2 is 1.78 bits per heavy atom. The van der Waals surface area contributed by atoms with Crippen LogP contribution in [0.4, 0.5) is 0 Å². The Balaban J connectivity index is 1.86. The Morgan fingerprint density at radius 1 is 1.06 bits per heavy atom. The zero-order valence-electron chi connectivity index (χ0n) is 19.5. The summed E-state index contributed by atoms with van der Waals surface area (Å²) in [4.78, 5) is 6.85. The Hall–Kier alpha value is -2.70. The van der Waals surface area contributed by atoms with Gasteiger partial charge in [-0.05, 0) is 88.1 Å². The first-order valence-corrected chi connectivity index (χ1v) is 11.6. The zero-order chi connectivity index (χ0) is 23.0. The summed E-state index contributed by atoms with van der Waals surface area (Å²) in [6, 6.07) is 12.8. The van der Waals surface area contributed by atoms with Crippen LogP contribution in [0.25, 0.3) is 5.69 Å². The molecule has 0 unspecified atom stereocenters. The summed E-state index contributed by atoms with van der Waals surface area (Å²) in [5.74, 6) is 0. The van der Waals surface area contributed by atoms with E-state index in [2.05, 4.69) is 78.7 Å². The maximum atomic E-state index is 9.48. The Bertz CT molecular complexity index is 1120. The summed E-state index contributed by atoms with van der Waals surface area (Å²) in [6.45, 7) is 11.7. The van der Waals surface area contributed by atoms with Crippen molar-refractivity contribution in [2.45, 2.75) is 53.1 Å². The third kappa shape index (κ3) is 3.93. The van der Waals surface area contributed by atoms with E-state index >= 15 is 0 Å². The van der Waals surface area contributed by atoms with Gasteiger partial charge in [0.2, 0.25) is 0 Å². The van der Waals surface area contributed by atoms with Crippen molar-refractivity contribution in [2.75, 3.05) is 13.2 Å². The smallest absolute Gasteiger partial charge is 0.170 e. The molecule has 1 aliphatic heterocycles. The predicted molar refractivity (Wildman–Crippen MR) is 133 cm³/mol. The quantitative estimate of drug-likeness (QED) is 0.532. The molecule has 0 amide bonds. The lowest BCUT2D eigenvalue weighted by Gasteiger charge is -2.28. The van der Waals surface area contributed by atoms with E-state index in [1.165, 1.54) is 39.3 Å². The molecule has 32 heavy (non-hydrogen) atoms. The fourth-order valence-electron chi connectivity index (χ4n) is 5.18. The lowest BCUT2D eigenvalue weighted by molar-refractivity contribution is 0.247. The number of aliphatic hydroxyl groups is 1. The van der Waals surface area contributed by atoms with E-state index in [0.29, 0.717) is 18.1 Å². The molecule has 1 aromatic carbocycles. The van der Waals surface area contributed by atoms with Crippen molar-refractivity contribution in [3.8, 4) is 5.69 Å². The molecular formula is C26H32N4OS. The van der Waals surface area contributed by atoms with E-state index in [4.69, 9.17) is 12.2 Å². The van der Waals surface area contributed by atoms with Gasteiger partial charge in [0.25, 0.3) is 0 Å². The summed E-state index contributed by atoms with van der Waals surface area (Å²) in [7, 11) is 0. The second-order valence-electron chi connectivity index (χ2n) is 8.81. The third-order valence-corrected chi connectivity index (χ3v) is 6.76. The van der Waals surface area contributed by atoms with Crippen molar-refractivity contribution in [1.82, 2.24) is 19.8 Å². The molecule has 1 fully saturated rings. The first-order chi connectivity index (χ1) is 15.3. The highest BCUT2D eigenvalue weighted by Crippen LogP contribution is 2.41. The highest BCUT2D eigenvalue weighted by molar-refractivity contribution is 7.80. The Labute approximate surface area is 196 Å². The van der Waals surface area contributed by atoms with Crippen molar-refractivity contribution in [2.24, 2.45) is 0 Å². The van der Waals surface area contributed by atoms with Crippen molar-refractivity contribution < 1.29 is 5.11 Å². The van der Waals surface area contributed by atoms with Gasteiger partial charge in [-0.3, -0.25) is 4.98 Å². The van der Waals surface area contributed by atoms with Gasteiger partial charge in [-0.25, -0.2) is 0 Å². The number of aromatic nitrogens is 2. The molecule has 5 nitrogen and oxygen atoms in total. The Kier molecular flexibility index (Phi) is 6.35. The van der Waals surface area contributed by atoms with E-state index < -0.39 is 0 Å². The molecule has 0 spiro atoms. The molecule has 2 N–H and O–H groups in total. The van der Waals surface area contributed by atoms with E-state index in [1.807, 2.05) is 18.3 Å². The van der Waals surface area contributed by atoms with E-state index in [1.54, 1.807) is 0 Å². The molecule has 1 aliphatic rings. The standard InChI is InChI=1S/C26H32N4OS/c1-16-13-17(2)24(18(3)14-16)30-19(4)15-21(20(30)5)25-23(22-9-6-7-10-27-22)28-26(32)29(25)11-8-12-31/h6-7,9-10,13-15,23,25,31H,8,11-12H2,1-5H3,(H,28,32)/t23-,25-/m0/s1. The molecule has 2 atom stereocenters. The van der Waals surface area contributed by atoms with Crippen LogP contribution in [0.15, 0.2) is 42.6 Å². The van der Waals surface area contributed by atoms with E-state index in [-0.39, 0.29) is 18.7 Å². The SMILES string of the molecule is Cc1cc(C)c(-n2c(C)cc([C@H]3[C@H](c4ccccn4)NC(=S)N3CCCO)c2C)c(C)c1. The number of hydrogen-bond acceptors (Lipinski definition) is 3. The van der Waals surface area contributed by atoms with Gasteiger partial charge in [-0.1, -0.05) is 23.8 Å². The summed E-state index contributed by atoms with van der Waals surface area (Å²) >= 11 is 5.74. The number of hydrogen-bond donors (Lipinski definition) is 2. The molecule has 3 aromatic rings. The van der Waals surface area contributed by atoms with E-state index in [0.717, 1.165) is 5.69 Å². The molecule has 0 saturated carbocycles. The molecule has 3 heterocycles. The van der Waals surface area contributed by atoms with Crippen LogP contribution in [0, 0.1) is 34.6 Å². The van der Waals surface area contributed by atoms with Crippen molar-refractivity contribution in [3.05, 3.63) is 81.9 Å². The van der Waals surface area contributed by atoms with Gasteiger partial charge < -0.3 is 19.9 Å². The monoisotopic (exact) mass is 448 g/mol. The lowest BCUT2D eigenvalue weighted by Crippen LogP contribution is -2.31. The average molecular weight is 449 g/mol. The van der Waals surface area contributed by atoms with Gasteiger partial charge >= 0.3 is 0 Å². The second-order valence-corrected chi connectivity index (χ2v) is 9.19. The van der Waals surface area contributed by atoms with Crippen LogP contribution in [-0.2, 0) is 0 Å². The topological polar surface area (TPSA) is 53.3 Å². The zero-order valence-corrected chi connectivity index (χ0v) is 20.3. The summed E-state index contributed by atoms with van der Waals surface area (Å²) < 4.78 is 2.38. The molecule has 0 aliphatic carbocycles. The van der Waals surface area contributed by atoms with Crippen LogP contribution in [0.2, 0.25) is 0 Å². The van der Waals surface area contributed by atoms with Crippen LogP contribution in [0.3, 0.4) is 0 Å². The first-order valence-electron chi connectivity index (χ1n) is 11.2. The highest BCUT2D eigenvalue weighted by atomic mass is 32.1. The fourth-order valence-corrected chi connectivity index (χ4v) is 5.51. The molecule has 0 bridgehead atoms. The minimum atomic E-state index is -0.0449. The van der Waals surface area contributed by atoms with Crippen molar-refractivity contribution >= 4 is 17.3 Å². The number of thiocarbonyl (C=S) groups is 1. The largest absolute Gasteiger partial charge is 0.396 e. The normalized spacial score (nSPS) is 18.3. The maximum Gasteiger partial charge on any atom is 0.170 e. The molecular weight excluding hydrogens is 416 g/mol. The minimum absolute atomic E-state index is 0.00922. The minimum Gasteiger partial charge on any atom is -0.396 e. The van der Waals surface area contributed by atoms with Crippen LogP contribution >= 0.6 is 12.2 Å². The number of aryl methyl sites for hydroxylation is 4. The molecule has 168 valence electrons. The van der Waals surface area contributed by atoms with Crippen LogP contribution in [-0.4, -0.2) is 37.8 Å². The van der Waals surface area contributed by atoms with Crippen LogP contribution in [0.1, 0.15) is 57.8 Å². The third-order valence-electron chi connectivity index (χ3n) is 6.40. The number of pyridine rings is 1. The lowest BCUT2D eigenvalue weighted by atomic mass is 9.96. The second kappa shape index (κ2) is 9.04. The van der Waals surface area contributed by atoms with Gasteiger partial charge in [-0.2, -0.15) is 0 Å². The molecule has 4 rings (SSSR count). The molecule has 2 aromatic heterocycles. The highest BCUT2D eigenvalue weighted by Gasteiger charge is 2.41. The summed E-state index contributed by atoms with van der Waals surface area (Å²) in [6.07, 6.45) is 2.50.